The molecule has 6 heteroatoms. The van der Waals surface area contributed by atoms with E-state index in [-0.39, 0.29) is 5.69 Å². The molecule has 0 bridgehead atoms. The van der Waals surface area contributed by atoms with E-state index >= 15 is 0 Å². The number of carboxylic acids is 1. The summed E-state index contributed by atoms with van der Waals surface area (Å²) in [5.41, 5.74) is 1.01. The minimum atomic E-state index is -1.06. The molecule has 5 nitrogen and oxygen atoms in total. The molecule has 0 saturated heterocycles. The zero-order valence-electron chi connectivity index (χ0n) is 7.44. The largest absolute Gasteiger partial charge is 0.477 e. The minimum Gasteiger partial charge on any atom is -0.477 e. The lowest BCUT2D eigenvalue weighted by Crippen LogP contribution is -1.99. The lowest BCUT2D eigenvalue weighted by molar-refractivity contribution is 0.0692. The van der Waals surface area contributed by atoms with Crippen LogP contribution in [0, 0.1) is 0 Å². The van der Waals surface area contributed by atoms with Crippen LogP contribution in [0.1, 0.15) is 10.5 Å². The van der Waals surface area contributed by atoms with Crippen LogP contribution in [0.2, 0.25) is 5.15 Å². The summed E-state index contributed by atoms with van der Waals surface area (Å²) in [5, 5.41) is 9.16. The summed E-state index contributed by atoms with van der Waals surface area (Å²) >= 11 is 5.70. The molecule has 76 valence electrons. The zero-order chi connectivity index (χ0) is 10.8. The van der Waals surface area contributed by atoms with Crippen LogP contribution in [0.4, 0.5) is 0 Å². The normalized spacial score (nSPS) is 10.2. The van der Waals surface area contributed by atoms with Gasteiger partial charge in [-0.2, -0.15) is 0 Å². The highest BCUT2D eigenvalue weighted by molar-refractivity contribution is 6.29. The van der Waals surface area contributed by atoms with Crippen LogP contribution in [0.15, 0.2) is 24.7 Å². The first-order valence-corrected chi connectivity index (χ1v) is 4.45. The highest BCUT2D eigenvalue weighted by Crippen LogP contribution is 2.21. The maximum absolute atomic E-state index is 10.8. The van der Waals surface area contributed by atoms with Gasteiger partial charge in [-0.1, -0.05) is 11.6 Å². The van der Waals surface area contributed by atoms with Gasteiger partial charge in [0.1, 0.15) is 10.8 Å². The van der Waals surface area contributed by atoms with Gasteiger partial charge in [0.15, 0.2) is 5.69 Å². The van der Waals surface area contributed by atoms with Gasteiger partial charge in [-0.25, -0.2) is 14.8 Å². The molecule has 0 fully saturated rings. The third-order valence-electron chi connectivity index (χ3n) is 1.85. The van der Waals surface area contributed by atoms with Crippen LogP contribution in [-0.4, -0.2) is 26.0 Å². The Bertz CT molecular complexity index is 510. The Morgan fingerprint density at radius 1 is 1.47 bits per heavy atom. The van der Waals surface area contributed by atoms with E-state index in [4.69, 9.17) is 16.7 Å². The molecule has 2 rings (SSSR count). The van der Waals surface area contributed by atoms with Crippen LogP contribution in [-0.2, 0) is 0 Å². The van der Waals surface area contributed by atoms with Crippen molar-refractivity contribution >= 4 is 17.6 Å². The van der Waals surface area contributed by atoms with Crippen molar-refractivity contribution in [2.24, 2.45) is 0 Å². The van der Waals surface area contributed by atoms with Crippen molar-refractivity contribution in [3.8, 4) is 11.3 Å². The summed E-state index contributed by atoms with van der Waals surface area (Å²) in [6.45, 7) is 0. The van der Waals surface area contributed by atoms with E-state index in [1.54, 1.807) is 12.1 Å². The van der Waals surface area contributed by atoms with Gasteiger partial charge in [0, 0.05) is 11.8 Å². The maximum atomic E-state index is 10.8. The van der Waals surface area contributed by atoms with Crippen molar-refractivity contribution in [2.45, 2.75) is 0 Å². The molecular weight excluding hydrogens is 218 g/mol. The third-order valence-corrected chi connectivity index (χ3v) is 2.06. The number of aromatic amines is 1. The van der Waals surface area contributed by atoms with E-state index in [2.05, 4.69) is 15.0 Å². The number of hydrogen-bond donors (Lipinski definition) is 2. The fraction of sp³-hybridized carbons (Fsp3) is 0. The number of halogens is 1. The summed E-state index contributed by atoms with van der Waals surface area (Å²) in [4.78, 5) is 21.1. The van der Waals surface area contributed by atoms with Crippen molar-refractivity contribution in [1.29, 1.82) is 0 Å². The first kappa shape index (κ1) is 9.67. The molecule has 0 saturated carbocycles. The fourth-order valence-electron chi connectivity index (χ4n) is 1.23. The Morgan fingerprint density at radius 3 is 2.93 bits per heavy atom. The second-order valence-electron chi connectivity index (χ2n) is 2.80. The van der Waals surface area contributed by atoms with E-state index in [0.29, 0.717) is 16.4 Å². The maximum Gasteiger partial charge on any atom is 0.354 e. The second kappa shape index (κ2) is 3.70. The summed E-state index contributed by atoms with van der Waals surface area (Å²) in [6, 6.07) is 3.21. The number of rotatable bonds is 2. The number of aromatic nitrogens is 3. The fourth-order valence-corrected chi connectivity index (χ4v) is 1.40. The predicted molar refractivity (Wildman–Crippen MR) is 53.8 cm³/mol. The van der Waals surface area contributed by atoms with E-state index in [9.17, 15) is 4.79 Å². The molecule has 0 aromatic carbocycles. The molecule has 0 aliphatic carbocycles. The van der Waals surface area contributed by atoms with Crippen LogP contribution in [0.5, 0.6) is 0 Å². The molecular formula is C9H6ClN3O2. The number of carbonyl (C=O) groups is 1. The average molecular weight is 224 g/mol. The zero-order valence-corrected chi connectivity index (χ0v) is 8.19. The number of carboxylic acid groups (broad SMARTS) is 1. The Balaban J connectivity index is 2.54. The topological polar surface area (TPSA) is 78.9 Å². The molecule has 0 unspecified atom stereocenters. The summed E-state index contributed by atoms with van der Waals surface area (Å²) in [6.07, 6.45) is 2.82. The number of nitrogens with one attached hydrogen (secondary N) is 1. The van der Waals surface area contributed by atoms with Crippen molar-refractivity contribution < 1.29 is 9.90 Å². The first-order valence-electron chi connectivity index (χ1n) is 4.07. The molecule has 2 aromatic heterocycles. The highest BCUT2D eigenvalue weighted by atomic mass is 35.5. The van der Waals surface area contributed by atoms with Gasteiger partial charge in [-0.3, -0.25) is 0 Å². The van der Waals surface area contributed by atoms with E-state index in [0.717, 1.165) is 0 Å². The summed E-state index contributed by atoms with van der Waals surface area (Å²) in [5.74, 6) is -1.06. The van der Waals surface area contributed by atoms with Crippen molar-refractivity contribution in [2.75, 3.05) is 0 Å². The molecule has 15 heavy (non-hydrogen) atoms. The number of H-pyrrole nitrogens is 1. The summed E-state index contributed by atoms with van der Waals surface area (Å²) < 4.78 is 0. The van der Waals surface area contributed by atoms with Crippen LogP contribution in [0.3, 0.4) is 0 Å². The second-order valence-corrected chi connectivity index (χ2v) is 3.19. The number of imidazole rings is 1. The molecule has 0 amide bonds. The number of nitrogens with zero attached hydrogens (tertiary/aromatic N) is 2. The Hall–Kier alpha value is -1.88. The predicted octanol–water partition coefficient (Wildman–Crippen LogP) is 1.82. The number of hydrogen-bond acceptors (Lipinski definition) is 3. The highest BCUT2D eigenvalue weighted by Gasteiger charge is 2.14. The average Bonchev–Trinajstić information content (AvgIpc) is 2.65. The van der Waals surface area contributed by atoms with Crippen LogP contribution in [0.25, 0.3) is 11.3 Å². The Morgan fingerprint density at radius 2 is 2.27 bits per heavy atom. The van der Waals surface area contributed by atoms with Crippen molar-refractivity contribution in [3.63, 3.8) is 0 Å². The van der Waals surface area contributed by atoms with Crippen molar-refractivity contribution in [1.82, 2.24) is 15.0 Å². The Labute approximate surface area is 89.8 Å². The van der Waals surface area contributed by atoms with Gasteiger partial charge in [0.2, 0.25) is 0 Å². The molecule has 2 aromatic rings. The van der Waals surface area contributed by atoms with Gasteiger partial charge in [-0.15, -0.1) is 0 Å². The van der Waals surface area contributed by atoms with Gasteiger partial charge in [0.05, 0.1) is 6.33 Å². The monoisotopic (exact) mass is 223 g/mol. The van der Waals surface area contributed by atoms with Gasteiger partial charge >= 0.3 is 5.97 Å². The lowest BCUT2D eigenvalue weighted by atomic mass is 10.1. The lowest BCUT2D eigenvalue weighted by Gasteiger charge is -1.98. The quantitative estimate of drug-likeness (QED) is 0.762. The molecule has 2 heterocycles. The molecule has 0 spiro atoms. The van der Waals surface area contributed by atoms with Crippen LogP contribution < -0.4 is 0 Å². The van der Waals surface area contributed by atoms with Gasteiger partial charge in [0.25, 0.3) is 0 Å². The van der Waals surface area contributed by atoms with E-state index in [1.165, 1.54) is 12.5 Å². The number of pyridine rings is 1. The van der Waals surface area contributed by atoms with Crippen molar-refractivity contribution in [3.05, 3.63) is 35.5 Å². The first-order chi connectivity index (χ1) is 7.18. The van der Waals surface area contributed by atoms with Gasteiger partial charge < -0.3 is 10.1 Å². The van der Waals surface area contributed by atoms with E-state index in [1.807, 2.05) is 0 Å². The molecule has 0 atom stereocenters. The summed E-state index contributed by atoms with van der Waals surface area (Å²) in [7, 11) is 0. The molecule has 0 aliphatic rings. The van der Waals surface area contributed by atoms with E-state index < -0.39 is 5.97 Å². The SMILES string of the molecule is O=C(O)c1[nH]cnc1-c1ccnc(Cl)c1. The van der Waals surface area contributed by atoms with Crippen LogP contribution >= 0.6 is 11.6 Å². The number of aromatic carboxylic acids is 1. The van der Waals surface area contributed by atoms with Gasteiger partial charge in [-0.05, 0) is 12.1 Å². The molecule has 2 N–H and O–H groups in total. The standard InChI is InChI=1S/C9H6ClN3O2/c10-6-3-5(1-2-11-6)7-8(9(14)15)13-4-12-7/h1-4H,(H,12,13)(H,14,15). The smallest absolute Gasteiger partial charge is 0.354 e. The molecule has 0 radical (unpaired) electrons. The third kappa shape index (κ3) is 1.82. The Kier molecular flexibility index (Phi) is 2.39. The minimum absolute atomic E-state index is 0.0391. The molecule has 0 aliphatic heterocycles.